The average molecular weight is 639 g/mol. The summed E-state index contributed by atoms with van der Waals surface area (Å²) in [6, 6.07) is 19.2. The lowest BCUT2D eigenvalue weighted by atomic mass is 9.50. The Bertz CT molecular complexity index is 1830. The summed E-state index contributed by atoms with van der Waals surface area (Å²) >= 11 is 6.34. The van der Waals surface area contributed by atoms with Crippen molar-refractivity contribution in [3.05, 3.63) is 101 Å². The molecule has 2 aliphatic heterocycles. The summed E-state index contributed by atoms with van der Waals surface area (Å²) in [5, 5.41) is 13.4. The molecule has 9 nitrogen and oxygen atoms in total. The molecule has 0 bridgehead atoms. The molecule has 4 amide bonds. The van der Waals surface area contributed by atoms with Crippen molar-refractivity contribution < 1.29 is 33.8 Å². The van der Waals surface area contributed by atoms with Crippen molar-refractivity contribution in [2.75, 3.05) is 19.1 Å². The van der Waals surface area contributed by atoms with Gasteiger partial charge in [-0.15, -0.1) is 0 Å². The number of imide groups is 2. The molecule has 234 valence electrons. The molecule has 1 saturated carbocycles. The van der Waals surface area contributed by atoms with Gasteiger partial charge >= 0.3 is 0 Å². The number of allylic oxidation sites excluding steroid dienone is 3. The van der Waals surface area contributed by atoms with Gasteiger partial charge < -0.3 is 14.6 Å². The lowest BCUT2D eigenvalue weighted by molar-refractivity contribution is -0.128. The van der Waals surface area contributed by atoms with Gasteiger partial charge in [-0.05, 0) is 60.2 Å². The largest absolute Gasteiger partial charge is 0.502 e. The minimum Gasteiger partial charge on any atom is -0.502 e. The molecule has 0 radical (unpaired) electrons. The number of benzene rings is 3. The van der Waals surface area contributed by atoms with Gasteiger partial charge in [0.15, 0.2) is 11.5 Å². The minimum atomic E-state index is -1.36. The fourth-order valence-corrected chi connectivity index (χ4v) is 8.30. The molecule has 4 aliphatic rings. The first-order valence-corrected chi connectivity index (χ1v) is 15.5. The molecule has 3 fully saturated rings. The third-order valence-corrected chi connectivity index (χ3v) is 10.3. The fraction of sp³-hybridized carbons (Fsp3) is 0.278. The number of carbonyl (C=O) groups is 4. The second kappa shape index (κ2) is 11.2. The third-order valence-electron chi connectivity index (χ3n) is 10.1. The second-order valence-corrected chi connectivity index (χ2v) is 12.6. The summed E-state index contributed by atoms with van der Waals surface area (Å²) in [6.45, 7) is 0. The van der Waals surface area contributed by atoms with Gasteiger partial charge in [-0.25, -0.2) is 4.90 Å². The number of nitrogens with one attached hydrogen (secondary N) is 1. The predicted molar refractivity (Wildman–Crippen MR) is 170 cm³/mol. The zero-order valence-electron chi connectivity index (χ0n) is 25.1. The molecule has 10 heteroatoms. The summed E-state index contributed by atoms with van der Waals surface area (Å²) in [6.07, 6.45) is 6.25. The van der Waals surface area contributed by atoms with Crippen LogP contribution in [0.2, 0.25) is 5.02 Å². The van der Waals surface area contributed by atoms with Crippen molar-refractivity contribution in [2.45, 2.75) is 18.3 Å². The van der Waals surface area contributed by atoms with Crippen LogP contribution in [-0.2, 0) is 24.6 Å². The van der Waals surface area contributed by atoms with E-state index in [1.807, 2.05) is 48.6 Å². The molecular formula is C36H31ClN2O7. The number of rotatable bonds is 6. The summed E-state index contributed by atoms with van der Waals surface area (Å²) in [5.74, 6) is -4.30. The topological polar surface area (TPSA) is 122 Å². The number of phenolic OH excluding ortho intramolecular Hbond substituents is 1. The van der Waals surface area contributed by atoms with Crippen LogP contribution in [0.1, 0.15) is 24.0 Å². The van der Waals surface area contributed by atoms with Crippen molar-refractivity contribution in [1.29, 1.82) is 0 Å². The summed E-state index contributed by atoms with van der Waals surface area (Å²) in [7, 11) is 2.88. The smallest absolute Gasteiger partial charge is 0.246 e. The van der Waals surface area contributed by atoms with Crippen LogP contribution >= 0.6 is 11.6 Å². The summed E-state index contributed by atoms with van der Waals surface area (Å²) in [4.78, 5) is 56.9. The number of phenols is 1. The van der Waals surface area contributed by atoms with E-state index < -0.39 is 35.0 Å². The number of hydrogen-bond donors (Lipinski definition) is 2. The minimum absolute atomic E-state index is 0.146. The van der Waals surface area contributed by atoms with Crippen molar-refractivity contribution >= 4 is 47.0 Å². The van der Waals surface area contributed by atoms with E-state index in [2.05, 4.69) is 5.32 Å². The first kappa shape index (κ1) is 29.8. The third kappa shape index (κ3) is 4.29. The van der Waals surface area contributed by atoms with Gasteiger partial charge in [-0.1, -0.05) is 71.8 Å². The predicted octanol–water partition coefficient (Wildman–Crippen LogP) is 5.06. The maximum atomic E-state index is 15.1. The van der Waals surface area contributed by atoms with Gasteiger partial charge in [0.2, 0.25) is 29.4 Å². The molecule has 6 unspecified atom stereocenters. The Kier molecular flexibility index (Phi) is 7.24. The van der Waals surface area contributed by atoms with Crippen LogP contribution in [0.4, 0.5) is 5.69 Å². The number of aromatic hydroxyl groups is 1. The van der Waals surface area contributed by atoms with E-state index in [4.69, 9.17) is 21.1 Å². The Morgan fingerprint density at radius 1 is 0.935 bits per heavy atom. The first-order valence-electron chi connectivity index (χ1n) is 15.1. The van der Waals surface area contributed by atoms with Crippen LogP contribution < -0.4 is 19.7 Å². The molecule has 0 spiro atoms. The first-order chi connectivity index (χ1) is 22.2. The highest BCUT2D eigenvalue weighted by atomic mass is 35.5. The maximum Gasteiger partial charge on any atom is 0.246 e. The Morgan fingerprint density at radius 2 is 1.65 bits per heavy atom. The van der Waals surface area contributed by atoms with Gasteiger partial charge in [0.25, 0.3) is 0 Å². The van der Waals surface area contributed by atoms with Gasteiger partial charge in [-0.3, -0.25) is 24.5 Å². The van der Waals surface area contributed by atoms with Crippen LogP contribution in [0.25, 0.3) is 6.08 Å². The zero-order chi connectivity index (χ0) is 32.3. The molecule has 46 heavy (non-hydrogen) atoms. The highest BCUT2D eigenvalue weighted by Crippen LogP contribution is 2.61. The number of carbonyl (C=O) groups excluding carboxylic acids is 4. The highest BCUT2D eigenvalue weighted by Gasteiger charge is 2.69. The van der Waals surface area contributed by atoms with Crippen LogP contribution in [0.3, 0.4) is 0 Å². The highest BCUT2D eigenvalue weighted by molar-refractivity contribution is 6.32. The molecular weight excluding hydrogens is 608 g/mol. The van der Waals surface area contributed by atoms with Gasteiger partial charge in [0.05, 0.1) is 43.1 Å². The van der Waals surface area contributed by atoms with Crippen molar-refractivity contribution in [2.24, 2.45) is 29.6 Å². The van der Waals surface area contributed by atoms with E-state index >= 15 is 4.79 Å². The number of halogens is 1. The number of hydrogen-bond acceptors (Lipinski definition) is 7. The Hall–Kier alpha value is -4.89. The number of amides is 4. The SMILES string of the molecule is COc1cc(C=CC2C3=CCC4C(=O)NC(=O)C4C3CC3C(=O)N(c4cccc(Cl)c4)C(=O)C23c2ccccc2)cc(OC)c1O. The van der Waals surface area contributed by atoms with Crippen LogP contribution in [0.15, 0.2) is 84.5 Å². The van der Waals surface area contributed by atoms with E-state index in [1.54, 1.807) is 36.4 Å². The van der Waals surface area contributed by atoms with Crippen LogP contribution in [0.5, 0.6) is 17.2 Å². The number of ether oxygens (including phenoxy) is 2. The molecule has 2 heterocycles. The maximum absolute atomic E-state index is 15.1. The van der Waals surface area contributed by atoms with Crippen molar-refractivity contribution in [3.8, 4) is 17.2 Å². The van der Waals surface area contributed by atoms with Crippen LogP contribution in [0, 0.1) is 29.6 Å². The van der Waals surface area contributed by atoms with E-state index in [0.29, 0.717) is 28.3 Å². The zero-order valence-corrected chi connectivity index (χ0v) is 25.9. The lowest BCUT2D eigenvalue weighted by Gasteiger charge is -2.49. The summed E-state index contributed by atoms with van der Waals surface area (Å²) in [5.41, 5.74) is 1.14. The van der Waals surface area contributed by atoms with Gasteiger partial charge in [0.1, 0.15) is 0 Å². The molecule has 0 aromatic heterocycles. The van der Waals surface area contributed by atoms with Crippen molar-refractivity contribution in [3.63, 3.8) is 0 Å². The van der Waals surface area contributed by atoms with Gasteiger partial charge in [-0.2, -0.15) is 0 Å². The quantitative estimate of drug-likeness (QED) is 0.286. The number of anilines is 1. The standard InChI is InChI=1S/C36H31ClN2O7/c1-45-28-15-19(16-29(46-2)31(28)40)11-14-26-23-12-13-24-30(33(42)38-32(24)41)25(23)18-27-34(43)39(22-10-6-9-21(37)17-22)35(44)36(26,27)20-7-4-3-5-8-20/h3-12,14-17,24-27,30,40H,13,18H2,1-2H3,(H,38,41,42). The van der Waals surface area contributed by atoms with E-state index in [9.17, 15) is 19.5 Å². The lowest BCUT2D eigenvalue weighted by Crippen LogP contribution is -2.54. The molecule has 6 atom stereocenters. The fourth-order valence-electron chi connectivity index (χ4n) is 8.12. The number of methoxy groups -OCH3 is 2. The van der Waals surface area contributed by atoms with Gasteiger partial charge in [0, 0.05) is 10.9 Å². The van der Waals surface area contributed by atoms with E-state index in [1.165, 1.54) is 19.1 Å². The molecule has 3 aromatic rings. The monoisotopic (exact) mass is 638 g/mol. The molecule has 7 rings (SSSR count). The molecule has 2 aliphatic carbocycles. The summed E-state index contributed by atoms with van der Waals surface area (Å²) < 4.78 is 10.7. The number of nitrogens with zero attached hydrogens (tertiary/aromatic N) is 1. The normalized spacial score (nSPS) is 28.5. The van der Waals surface area contributed by atoms with E-state index in [-0.39, 0.29) is 47.3 Å². The Labute approximate surface area is 270 Å². The Morgan fingerprint density at radius 3 is 2.33 bits per heavy atom. The van der Waals surface area contributed by atoms with Crippen molar-refractivity contribution in [1.82, 2.24) is 5.32 Å². The van der Waals surface area contributed by atoms with Crippen LogP contribution in [-0.4, -0.2) is 43.0 Å². The average Bonchev–Trinajstić information content (AvgIpc) is 3.48. The van der Waals surface area contributed by atoms with E-state index in [0.717, 1.165) is 5.57 Å². The second-order valence-electron chi connectivity index (χ2n) is 12.1. The molecule has 2 N–H and O–H groups in total. The Balaban J connectivity index is 1.46. The number of fused-ring (bicyclic) bond motifs is 4. The molecule has 3 aromatic carbocycles. The molecule has 2 saturated heterocycles.